The van der Waals surface area contributed by atoms with Crippen LogP contribution in [-0.4, -0.2) is 61.5 Å². The van der Waals surface area contributed by atoms with Gasteiger partial charge in [-0.05, 0) is 30.5 Å². The Hall–Kier alpha value is -2.76. The summed E-state index contributed by atoms with van der Waals surface area (Å²) in [5.41, 5.74) is 5.57. The number of piperazine rings is 1. The van der Waals surface area contributed by atoms with Crippen LogP contribution in [0.3, 0.4) is 0 Å². The minimum atomic E-state index is -3.60. The summed E-state index contributed by atoms with van der Waals surface area (Å²) in [7, 11) is -3.60. The van der Waals surface area contributed by atoms with Crippen LogP contribution in [-0.2, 0) is 19.6 Å². The van der Waals surface area contributed by atoms with Crippen molar-refractivity contribution in [3.05, 3.63) is 52.2 Å². The number of hydrazine groups is 1. The number of rotatable bonds is 6. The molecule has 1 fully saturated rings. The van der Waals surface area contributed by atoms with Crippen molar-refractivity contribution < 1.29 is 22.8 Å². The predicted molar refractivity (Wildman–Crippen MR) is 116 cm³/mol. The Balaban J connectivity index is 1.42. The van der Waals surface area contributed by atoms with Gasteiger partial charge in [-0.3, -0.25) is 25.2 Å². The van der Waals surface area contributed by atoms with Gasteiger partial charge in [-0.1, -0.05) is 23.8 Å². The molecule has 0 unspecified atom stereocenters. The van der Waals surface area contributed by atoms with E-state index in [0.717, 1.165) is 5.56 Å². The fourth-order valence-electron chi connectivity index (χ4n) is 3.07. The fourth-order valence-corrected chi connectivity index (χ4v) is 5.12. The van der Waals surface area contributed by atoms with Crippen molar-refractivity contribution in [2.45, 2.75) is 24.7 Å². The molecule has 166 valence electrons. The zero-order chi connectivity index (χ0) is 22.4. The first-order valence-electron chi connectivity index (χ1n) is 9.74. The number of nitrogens with one attached hydrogen (secondary N) is 2. The molecule has 1 aromatic carbocycles. The SMILES string of the molecule is Cc1ccc(S(=O)(=O)N2CCN(C(=O)CCC(=O)NNC(=O)c3cccs3)CC2)cc1. The molecule has 9 nitrogen and oxygen atoms in total. The summed E-state index contributed by atoms with van der Waals surface area (Å²) in [6.07, 6.45) is -0.100. The number of nitrogens with zero attached hydrogens (tertiary/aromatic N) is 2. The smallest absolute Gasteiger partial charge is 0.279 e. The number of aryl methyl sites for hydroxylation is 1. The van der Waals surface area contributed by atoms with Gasteiger partial charge in [-0.15, -0.1) is 11.3 Å². The molecule has 3 amide bonds. The van der Waals surface area contributed by atoms with E-state index in [-0.39, 0.29) is 49.8 Å². The lowest BCUT2D eigenvalue weighted by atomic mass is 10.2. The molecule has 0 radical (unpaired) electrons. The predicted octanol–water partition coefficient (Wildman–Crippen LogP) is 1.13. The van der Waals surface area contributed by atoms with Crippen molar-refractivity contribution in [1.29, 1.82) is 0 Å². The van der Waals surface area contributed by atoms with Gasteiger partial charge in [0.1, 0.15) is 0 Å². The number of benzene rings is 1. The minimum Gasteiger partial charge on any atom is -0.340 e. The lowest BCUT2D eigenvalue weighted by Crippen LogP contribution is -2.50. The summed E-state index contributed by atoms with van der Waals surface area (Å²) >= 11 is 1.25. The quantitative estimate of drug-likeness (QED) is 0.622. The second kappa shape index (κ2) is 10.0. The third-order valence-corrected chi connectivity index (χ3v) is 7.66. The van der Waals surface area contributed by atoms with Crippen LogP contribution in [0.15, 0.2) is 46.7 Å². The molecular formula is C20H24N4O5S2. The summed E-state index contributed by atoms with van der Waals surface area (Å²) in [4.78, 5) is 38.3. The molecule has 1 aromatic heterocycles. The monoisotopic (exact) mass is 464 g/mol. The Labute approximate surface area is 185 Å². The van der Waals surface area contributed by atoms with E-state index < -0.39 is 21.8 Å². The highest BCUT2D eigenvalue weighted by Gasteiger charge is 2.30. The largest absolute Gasteiger partial charge is 0.340 e. The van der Waals surface area contributed by atoms with Crippen LogP contribution in [0.2, 0.25) is 0 Å². The molecule has 1 aliphatic heterocycles. The van der Waals surface area contributed by atoms with Gasteiger partial charge in [0.15, 0.2) is 0 Å². The molecule has 2 aromatic rings. The number of amides is 3. The molecule has 0 atom stereocenters. The molecule has 0 spiro atoms. The Morgan fingerprint density at radius 3 is 2.26 bits per heavy atom. The molecule has 0 saturated carbocycles. The number of hydrogen-bond donors (Lipinski definition) is 2. The normalized spacial score (nSPS) is 14.8. The second-order valence-electron chi connectivity index (χ2n) is 7.08. The Kier molecular flexibility index (Phi) is 7.42. The van der Waals surface area contributed by atoms with Crippen LogP contribution in [0, 0.1) is 6.92 Å². The lowest BCUT2D eigenvalue weighted by molar-refractivity contribution is -0.134. The van der Waals surface area contributed by atoms with Gasteiger partial charge in [0.05, 0.1) is 9.77 Å². The average Bonchev–Trinajstić information content (AvgIpc) is 3.31. The maximum absolute atomic E-state index is 12.7. The average molecular weight is 465 g/mol. The van der Waals surface area contributed by atoms with E-state index in [1.165, 1.54) is 15.6 Å². The third kappa shape index (κ3) is 5.90. The zero-order valence-corrected chi connectivity index (χ0v) is 18.7. The molecule has 11 heteroatoms. The highest BCUT2D eigenvalue weighted by molar-refractivity contribution is 7.89. The number of carbonyl (C=O) groups is 3. The van der Waals surface area contributed by atoms with E-state index in [1.54, 1.807) is 46.7 Å². The van der Waals surface area contributed by atoms with Crippen LogP contribution >= 0.6 is 11.3 Å². The first kappa shape index (κ1) is 22.9. The Morgan fingerprint density at radius 2 is 1.65 bits per heavy atom. The van der Waals surface area contributed by atoms with Crippen molar-refractivity contribution in [1.82, 2.24) is 20.1 Å². The molecule has 3 rings (SSSR count). The van der Waals surface area contributed by atoms with Crippen LogP contribution in [0.4, 0.5) is 0 Å². The molecule has 0 aliphatic carbocycles. The lowest BCUT2D eigenvalue weighted by Gasteiger charge is -2.34. The highest BCUT2D eigenvalue weighted by atomic mass is 32.2. The maximum Gasteiger partial charge on any atom is 0.279 e. The van der Waals surface area contributed by atoms with Crippen molar-refractivity contribution in [3.63, 3.8) is 0 Å². The molecule has 2 N–H and O–H groups in total. The van der Waals surface area contributed by atoms with Gasteiger partial charge >= 0.3 is 0 Å². The molecule has 0 bridgehead atoms. The topological polar surface area (TPSA) is 116 Å². The Morgan fingerprint density at radius 1 is 0.968 bits per heavy atom. The molecule has 1 saturated heterocycles. The second-order valence-corrected chi connectivity index (χ2v) is 9.96. The number of carbonyl (C=O) groups excluding carboxylic acids is 3. The van der Waals surface area contributed by atoms with Gasteiger partial charge < -0.3 is 4.90 Å². The summed E-state index contributed by atoms with van der Waals surface area (Å²) in [5.74, 6) is -1.12. The van der Waals surface area contributed by atoms with Crippen LogP contribution < -0.4 is 10.9 Å². The number of sulfonamides is 1. The number of thiophene rings is 1. The van der Waals surface area contributed by atoms with E-state index in [2.05, 4.69) is 10.9 Å². The number of hydrogen-bond acceptors (Lipinski definition) is 6. The van der Waals surface area contributed by atoms with Crippen molar-refractivity contribution in [3.8, 4) is 0 Å². The van der Waals surface area contributed by atoms with Gasteiger partial charge in [0, 0.05) is 39.0 Å². The molecule has 31 heavy (non-hydrogen) atoms. The van der Waals surface area contributed by atoms with E-state index in [9.17, 15) is 22.8 Å². The molecular weight excluding hydrogens is 440 g/mol. The van der Waals surface area contributed by atoms with Crippen molar-refractivity contribution >= 4 is 39.1 Å². The van der Waals surface area contributed by atoms with Gasteiger partial charge in [0.25, 0.3) is 5.91 Å². The Bertz CT molecular complexity index is 1030. The summed E-state index contributed by atoms with van der Waals surface area (Å²) in [5, 5.41) is 1.75. The van der Waals surface area contributed by atoms with Gasteiger partial charge in [-0.2, -0.15) is 4.31 Å². The standard InChI is InChI=1S/C20H24N4O5S2/c1-15-4-6-16(7-5-15)31(28,29)24-12-10-23(11-13-24)19(26)9-8-18(25)21-22-20(27)17-3-2-14-30-17/h2-7,14H,8-13H2,1H3,(H,21,25)(H,22,27). The van der Waals surface area contributed by atoms with E-state index in [1.807, 2.05) is 6.92 Å². The van der Waals surface area contributed by atoms with Crippen molar-refractivity contribution in [2.24, 2.45) is 0 Å². The van der Waals surface area contributed by atoms with Crippen molar-refractivity contribution in [2.75, 3.05) is 26.2 Å². The molecule has 1 aliphatic rings. The van der Waals surface area contributed by atoms with Crippen LogP contribution in [0.25, 0.3) is 0 Å². The third-order valence-electron chi connectivity index (χ3n) is 4.88. The van der Waals surface area contributed by atoms with E-state index in [0.29, 0.717) is 4.88 Å². The van der Waals surface area contributed by atoms with E-state index >= 15 is 0 Å². The summed E-state index contributed by atoms with van der Waals surface area (Å²) in [6, 6.07) is 10.0. The van der Waals surface area contributed by atoms with Crippen LogP contribution in [0.5, 0.6) is 0 Å². The van der Waals surface area contributed by atoms with E-state index in [4.69, 9.17) is 0 Å². The summed E-state index contributed by atoms with van der Waals surface area (Å²) in [6.45, 7) is 2.82. The first-order valence-corrected chi connectivity index (χ1v) is 12.1. The summed E-state index contributed by atoms with van der Waals surface area (Å²) < 4.78 is 26.8. The minimum absolute atomic E-state index is 0.0224. The van der Waals surface area contributed by atoms with Gasteiger partial charge in [0.2, 0.25) is 21.8 Å². The molecule has 2 heterocycles. The highest BCUT2D eigenvalue weighted by Crippen LogP contribution is 2.18. The zero-order valence-electron chi connectivity index (χ0n) is 17.0. The van der Waals surface area contributed by atoms with Crippen LogP contribution in [0.1, 0.15) is 28.1 Å². The van der Waals surface area contributed by atoms with Gasteiger partial charge in [-0.25, -0.2) is 8.42 Å². The first-order chi connectivity index (χ1) is 14.8. The fraction of sp³-hybridized carbons (Fsp3) is 0.350. The maximum atomic E-state index is 12.7.